The summed E-state index contributed by atoms with van der Waals surface area (Å²) >= 11 is 0. The molecule has 1 aromatic rings. The van der Waals surface area contributed by atoms with Crippen LogP contribution in [0.4, 0.5) is 0 Å². The molecular weight excluding hydrogens is 190 g/mol. The molecule has 1 N–H and O–H groups in total. The van der Waals surface area contributed by atoms with Gasteiger partial charge in [-0.25, -0.2) is 0 Å². The Balaban J connectivity index is 2.13. The fourth-order valence-electron chi connectivity index (χ4n) is 2.10. The van der Waals surface area contributed by atoms with Crippen LogP contribution in [0.15, 0.2) is 10.5 Å². The van der Waals surface area contributed by atoms with Gasteiger partial charge in [-0.2, -0.15) is 0 Å². The summed E-state index contributed by atoms with van der Waals surface area (Å²) < 4.78 is 11.5. The zero-order chi connectivity index (χ0) is 10.8. The minimum atomic E-state index is 0.154. The highest BCUT2D eigenvalue weighted by Crippen LogP contribution is 2.27. The summed E-state index contributed by atoms with van der Waals surface area (Å²) in [6.45, 7) is 7.98. The molecular formula is C12H19NO2. The van der Waals surface area contributed by atoms with E-state index in [-0.39, 0.29) is 6.10 Å². The fraction of sp³-hybridized carbons (Fsp3) is 0.667. The van der Waals surface area contributed by atoms with E-state index in [9.17, 15) is 0 Å². The van der Waals surface area contributed by atoms with Crippen molar-refractivity contribution in [3.8, 4) is 0 Å². The summed E-state index contributed by atoms with van der Waals surface area (Å²) in [6.07, 6.45) is 1.54. The molecule has 0 aromatic carbocycles. The summed E-state index contributed by atoms with van der Waals surface area (Å²) in [7, 11) is 0. The molecule has 0 aliphatic carbocycles. The van der Waals surface area contributed by atoms with Crippen LogP contribution in [0.3, 0.4) is 0 Å². The van der Waals surface area contributed by atoms with Crippen LogP contribution in [0.25, 0.3) is 0 Å². The molecule has 3 nitrogen and oxygen atoms in total. The first-order chi connectivity index (χ1) is 7.20. The van der Waals surface area contributed by atoms with Gasteiger partial charge in [-0.05, 0) is 26.3 Å². The van der Waals surface area contributed by atoms with Gasteiger partial charge in [0.1, 0.15) is 11.5 Å². The summed E-state index contributed by atoms with van der Waals surface area (Å²) in [4.78, 5) is 0. The van der Waals surface area contributed by atoms with Crippen LogP contribution in [0, 0.1) is 13.8 Å². The van der Waals surface area contributed by atoms with Crippen LogP contribution in [-0.4, -0.2) is 19.2 Å². The predicted octanol–water partition coefficient (Wildman–Crippen LogP) is 2.34. The standard InChI is InChI=1S/C12H19NO2/c1-4-10-6-13-7-12(15-10)11-5-8(2)14-9(11)3/h5,10,12-13H,4,6-7H2,1-3H3. The van der Waals surface area contributed by atoms with Crippen LogP contribution in [0.2, 0.25) is 0 Å². The van der Waals surface area contributed by atoms with Gasteiger partial charge in [-0.3, -0.25) is 0 Å². The molecule has 2 rings (SSSR count). The molecule has 1 aliphatic heterocycles. The Labute approximate surface area is 90.8 Å². The van der Waals surface area contributed by atoms with Gasteiger partial charge in [-0.1, -0.05) is 6.92 Å². The second-order valence-electron chi connectivity index (χ2n) is 4.18. The van der Waals surface area contributed by atoms with Crippen LogP contribution in [0.5, 0.6) is 0 Å². The zero-order valence-electron chi connectivity index (χ0n) is 9.67. The van der Waals surface area contributed by atoms with Gasteiger partial charge in [0.15, 0.2) is 0 Å². The fourth-order valence-corrected chi connectivity index (χ4v) is 2.10. The normalized spacial score (nSPS) is 26.9. The van der Waals surface area contributed by atoms with Gasteiger partial charge in [0, 0.05) is 18.7 Å². The summed E-state index contributed by atoms with van der Waals surface area (Å²) in [5.41, 5.74) is 1.19. The van der Waals surface area contributed by atoms with Crippen molar-refractivity contribution >= 4 is 0 Å². The molecule has 3 heteroatoms. The van der Waals surface area contributed by atoms with Gasteiger partial charge in [0.2, 0.25) is 0 Å². The SMILES string of the molecule is CCC1CNCC(c2cc(C)oc2C)O1. The van der Waals surface area contributed by atoms with E-state index < -0.39 is 0 Å². The predicted molar refractivity (Wildman–Crippen MR) is 59.0 cm³/mol. The molecule has 0 radical (unpaired) electrons. The molecule has 1 aromatic heterocycles. The van der Waals surface area contributed by atoms with E-state index in [4.69, 9.17) is 9.15 Å². The van der Waals surface area contributed by atoms with Gasteiger partial charge < -0.3 is 14.5 Å². The Morgan fingerprint density at radius 2 is 2.20 bits per heavy atom. The number of morpholine rings is 1. The molecule has 2 unspecified atom stereocenters. The van der Waals surface area contributed by atoms with E-state index >= 15 is 0 Å². The molecule has 0 bridgehead atoms. The van der Waals surface area contributed by atoms with Crippen LogP contribution < -0.4 is 5.32 Å². The smallest absolute Gasteiger partial charge is 0.106 e. The van der Waals surface area contributed by atoms with Crippen molar-refractivity contribution in [2.75, 3.05) is 13.1 Å². The van der Waals surface area contributed by atoms with Crippen molar-refractivity contribution in [1.29, 1.82) is 0 Å². The number of rotatable bonds is 2. The lowest BCUT2D eigenvalue weighted by Gasteiger charge is -2.30. The Morgan fingerprint density at radius 3 is 2.80 bits per heavy atom. The maximum absolute atomic E-state index is 5.99. The molecule has 1 fully saturated rings. The lowest BCUT2D eigenvalue weighted by Crippen LogP contribution is -2.40. The van der Waals surface area contributed by atoms with Crippen molar-refractivity contribution in [1.82, 2.24) is 5.32 Å². The number of nitrogens with one attached hydrogen (secondary N) is 1. The number of ether oxygens (including phenoxy) is 1. The first-order valence-corrected chi connectivity index (χ1v) is 5.63. The van der Waals surface area contributed by atoms with Crippen molar-refractivity contribution in [2.45, 2.75) is 39.4 Å². The van der Waals surface area contributed by atoms with E-state index in [1.807, 2.05) is 13.8 Å². The number of aryl methyl sites for hydroxylation is 2. The lowest BCUT2D eigenvalue weighted by molar-refractivity contribution is -0.0405. The highest BCUT2D eigenvalue weighted by atomic mass is 16.5. The second-order valence-corrected chi connectivity index (χ2v) is 4.18. The molecule has 15 heavy (non-hydrogen) atoms. The minimum absolute atomic E-state index is 0.154. The van der Waals surface area contributed by atoms with E-state index in [1.54, 1.807) is 0 Å². The Hall–Kier alpha value is -0.800. The molecule has 0 saturated carbocycles. The summed E-state index contributed by atoms with van der Waals surface area (Å²) in [5, 5.41) is 3.40. The largest absolute Gasteiger partial charge is 0.466 e. The minimum Gasteiger partial charge on any atom is -0.466 e. The van der Waals surface area contributed by atoms with Crippen LogP contribution >= 0.6 is 0 Å². The van der Waals surface area contributed by atoms with Crippen molar-refractivity contribution < 1.29 is 9.15 Å². The molecule has 1 aliphatic rings. The highest BCUT2D eigenvalue weighted by molar-refractivity contribution is 5.23. The van der Waals surface area contributed by atoms with Crippen molar-refractivity contribution in [3.63, 3.8) is 0 Å². The Bertz CT molecular complexity index is 332. The van der Waals surface area contributed by atoms with Gasteiger partial charge >= 0.3 is 0 Å². The molecule has 2 atom stereocenters. The Morgan fingerprint density at radius 1 is 1.40 bits per heavy atom. The van der Waals surface area contributed by atoms with Crippen LogP contribution in [-0.2, 0) is 4.74 Å². The third-order valence-electron chi connectivity index (χ3n) is 2.94. The van der Waals surface area contributed by atoms with Gasteiger partial charge in [0.05, 0.1) is 12.2 Å². The maximum Gasteiger partial charge on any atom is 0.106 e. The van der Waals surface area contributed by atoms with E-state index in [1.165, 1.54) is 5.56 Å². The monoisotopic (exact) mass is 209 g/mol. The first kappa shape index (κ1) is 10.7. The second kappa shape index (κ2) is 4.37. The zero-order valence-corrected chi connectivity index (χ0v) is 9.67. The third kappa shape index (κ3) is 2.24. The molecule has 0 spiro atoms. The van der Waals surface area contributed by atoms with Crippen molar-refractivity contribution in [3.05, 3.63) is 23.2 Å². The first-order valence-electron chi connectivity index (χ1n) is 5.63. The maximum atomic E-state index is 5.99. The topological polar surface area (TPSA) is 34.4 Å². The number of hydrogen-bond donors (Lipinski definition) is 1. The van der Waals surface area contributed by atoms with E-state index in [0.717, 1.165) is 31.0 Å². The number of furan rings is 1. The third-order valence-corrected chi connectivity index (χ3v) is 2.94. The van der Waals surface area contributed by atoms with E-state index in [2.05, 4.69) is 18.3 Å². The summed E-state index contributed by atoms with van der Waals surface area (Å²) in [6, 6.07) is 2.08. The molecule has 2 heterocycles. The number of hydrogen-bond acceptors (Lipinski definition) is 3. The van der Waals surface area contributed by atoms with E-state index in [0.29, 0.717) is 6.10 Å². The summed E-state index contributed by atoms with van der Waals surface area (Å²) in [5.74, 6) is 1.95. The Kier molecular flexibility index (Phi) is 3.12. The molecule has 0 amide bonds. The average Bonchev–Trinajstić information content (AvgIpc) is 2.58. The molecule has 1 saturated heterocycles. The van der Waals surface area contributed by atoms with Gasteiger partial charge in [0.25, 0.3) is 0 Å². The quantitative estimate of drug-likeness (QED) is 0.811. The molecule has 84 valence electrons. The average molecular weight is 209 g/mol. The van der Waals surface area contributed by atoms with Crippen LogP contribution in [0.1, 0.15) is 36.5 Å². The van der Waals surface area contributed by atoms with Gasteiger partial charge in [-0.15, -0.1) is 0 Å². The highest BCUT2D eigenvalue weighted by Gasteiger charge is 2.24. The van der Waals surface area contributed by atoms with Crippen molar-refractivity contribution in [2.24, 2.45) is 0 Å². The lowest BCUT2D eigenvalue weighted by atomic mass is 10.1.